The van der Waals surface area contributed by atoms with Crippen molar-refractivity contribution in [1.29, 1.82) is 0 Å². The fourth-order valence-corrected chi connectivity index (χ4v) is 2.61. The number of ether oxygens (including phenoxy) is 1. The van der Waals surface area contributed by atoms with Crippen molar-refractivity contribution in [2.45, 2.75) is 19.1 Å². The van der Waals surface area contributed by atoms with Crippen LogP contribution in [-0.2, 0) is 4.74 Å². The summed E-state index contributed by atoms with van der Waals surface area (Å²) in [5.74, 6) is 0. The molecule has 5 heteroatoms. The second-order valence-electron chi connectivity index (χ2n) is 4.18. The Hall–Kier alpha value is -0.490. The fraction of sp³-hybridized carbons (Fsp3) is 0.727. The molecule has 2 unspecified atom stereocenters. The standard InChI is InChI=1S/C11H19N3OS/c1-9(11-13-4-6-16-11)14(2)8-10-7-12-3-5-15-10/h4,6,9-10,12H,3,5,7-8H2,1-2H3. The van der Waals surface area contributed by atoms with E-state index in [1.807, 2.05) is 11.6 Å². The SMILES string of the molecule is CC(c1nccs1)N(C)CC1CNCCO1. The molecule has 2 rings (SSSR count). The molecule has 0 bridgehead atoms. The number of aromatic nitrogens is 1. The number of thiazole rings is 1. The summed E-state index contributed by atoms with van der Waals surface area (Å²) >= 11 is 1.71. The predicted molar refractivity (Wildman–Crippen MR) is 65.8 cm³/mol. The van der Waals surface area contributed by atoms with Crippen molar-refractivity contribution < 1.29 is 4.74 Å². The average molecular weight is 241 g/mol. The van der Waals surface area contributed by atoms with E-state index in [0.717, 1.165) is 26.2 Å². The molecule has 0 spiro atoms. The number of likely N-dealkylation sites (N-methyl/N-ethyl adjacent to an activating group) is 1. The second kappa shape index (κ2) is 5.72. The van der Waals surface area contributed by atoms with Gasteiger partial charge in [0, 0.05) is 31.2 Å². The van der Waals surface area contributed by atoms with E-state index >= 15 is 0 Å². The summed E-state index contributed by atoms with van der Waals surface area (Å²) in [6.07, 6.45) is 2.17. The van der Waals surface area contributed by atoms with Gasteiger partial charge in [-0.3, -0.25) is 4.90 Å². The molecule has 1 aliphatic rings. The Morgan fingerprint density at radius 2 is 2.62 bits per heavy atom. The first-order valence-electron chi connectivity index (χ1n) is 5.69. The van der Waals surface area contributed by atoms with Gasteiger partial charge in [0.1, 0.15) is 5.01 Å². The van der Waals surface area contributed by atoms with Crippen molar-refractivity contribution in [3.63, 3.8) is 0 Å². The van der Waals surface area contributed by atoms with E-state index in [-0.39, 0.29) is 0 Å². The zero-order valence-corrected chi connectivity index (χ0v) is 10.7. The van der Waals surface area contributed by atoms with E-state index in [9.17, 15) is 0 Å². The molecule has 0 radical (unpaired) electrons. The Bertz CT molecular complexity index is 298. The minimum Gasteiger partial charge on any atom is -0.374 e. The first-order valence-corrected chi connectivity index (χ1v) is 6.57. The summed E-state index contributed by atoms with van der Waals surface area (Å²) in [6.45, 7) is 5.89. The van der Waals surface area contributed by atoms with Crippen LogP contribution < -0.4 is 5.32 Å². The van der Waals surface area contributed by atoms with Crippen LogP contribution in [0.1, 0.15) is 18.0 Å². The van der Waals surface area contributed by atoms with Crippen LogP contribution in [0.2, 0.25) is 0 Å². The van der Waals surface area contributed by atoms with Gasteiger partial charge in [0.25, 0.3) is 0 Å². The first-order chi connectivity index (χ1) is 7.77. The normalized spacial score (nSPS) is 23.6. The number of rotatable bonds is 4. The summed E-state index contributed by atoms with van der Waals surface area (Å²) in [5, 5.41) is 6.55. The molecule has 0 saturated carbocycles. The molecule has 0 aliphatic carbocycles. The van der Waals surface area contributed by atoms with Gasteiger partial charge in [-0.1, -0.05) is 0 Å². The van der Waals surface area contributed by atoms with Gasteiger partial charge in [0.05, 0.1) is 18.8 Å². The third-order valence-electron chi connectivity index (χ3n) is 2.97. The lowest BCUT2D eigenvalue weighted by Crippen LogP contribution is -2.44. The highest BCUT2D eigenvalue weighted by Gasteiger charge is 2.20. The molecular weight excluding hydrogens is 222 g/mol. The zero-order chi connectivity index (χ0) is 11.4. The average Bonchev–Trinajstić information content (AvgIpc) is 2.83. The second-order valence-corrected chi connectivity index (χ2v) is 5.11. The maximum atomic E-state index is 5.69. The van der Waals surface area contributed by atoms with Crippen molar-refractivity contribution in [1.82, 2.24) is 15.2 Å². The van der Waals surface area contributed by atoms with E-state index in [1.54, 1.807) is 11.3 Å². The van der Waals surface area contributed by atoms with Crippen LogP contribution >= 0.6 is 11.3 Å². The summed E-state index contributed by atoms with van der Waals surface area (Å²) in [6, 6.07) is 0.366. The van der Waals surface area contributed by atoms with Crippen LogP contribution in [0.5, 0.6) is 0 Å². The molecule has 2 heterocycles. The third kappa shape index (κ3) is 3.01. The fourth-order valence-electron chi connectivity index (χ4n) is 1.85. The van der Waals surface area contributed by atoms with Gasteiger partial charge in [0.2, 0.25) is 0 Å². The van der Waals surface area contributed by atoms with Gasteiger partial charge in [0.15, 0.2) is 0 Å². The number of nitrogens with zero attached hydrogens (tertiary/aromatic N) is 2. The van der Waals surface area contributed by atoms with Crippen LogP contribution in [0.15, 0.2) is 11.6 Å². The lowest BCUT2D eigenvalue weighted by molar-refractivity contribution is 0.00392. The summed E-state index contributed by atoms with van der Waals surface area (Å²) in [7, 11) is 2.13. The van der Waals surface area contributed by atoms with Gasteiger partial charge in [-0.2, -0.15) is 0 Å². The molecule has 1 aliphatic heterocycles. The van der Waals surface area contributed by atoms with Crippen molar-refractivity contribution >= 4 is 11.3 Å². The van der Waals surface area contributed by atoms with Gasteiger partial charge >= 0.3 is 0 Å². The number of nitrogens with one attached hydrogen (secondary N) is 1. The van der Waals surface area contributed by atoms with Gasteiger partial charge < -0.3 is 10.1 Å². The van der Waals surface area contributed by atoms with Crippen molar-refractivity contribution in [3.05, 3.63) is 16.6 Å². The quantitative estimate of drug-likeness (QED) is 0.857. The third-order valence-corrected chi connectivity index (χ3v) is 3.91. The van der Waals surface area contributed by atoms with Crippen LogP contribution in [-0.4, -0.2) is 49.3 Å². The monoisotopic (exact) mass is 241 g/mol. The molecule has 1 aromatic heterocycles. The van der Waals surface area contributed by atoms with Crippen molar-refractivity contribution in [3.8, 4) is 0 Å². The highest BCUT2D eigenvalue weighted by Crippen LogP contribution is 2.20. The van der Waals surface area contributed by atoms with Gasteiger partial charge in [-0.25, -0.2) is 4.98 Å². The molecule has 2 atom stereocenters. The lowest BCUT2D eigenvalue weighted by atomic mass is 10.2. The van der Waals surface area contributed by atoms with Crippen LogP contribution in [0.3, 0.4) is 0 Å². The number of hydrogen-bond donors (Lipinski definition) is 1. The molecular formula is C11H19N3OS. The first kappa shape index (κ1) is 12.0. The molecule has 1 saturated heterocycles. The largest absolute Gasteiger partial charge is 0.374 e. The molecule has 1 fully saturated rings. The predicted octanol–water partition coefficient (Wildman–Crippen LogP) is 1.12. The molecule has 90 valence electrons. The highest BCUT2D eigenvalue weighted by atomic mass is 32.1. The minimum atomic E-state index is 0.307. The molecule has 1 aromatic rings. The van der Waals surface area contributed by atoms with Crippen molar-refractivity contribution in [2.75, 3.05) is 33.3 Å². The van der Waals surface area contributed by atoms with Crippen molar-refractivity contribution in [2.24, 2.45) is 0 Å². The van der Waals surface area contributed by atoms with E-state index in [4.69, 9.17) is 4.74 Å². The Morgan fingerprint density at radius 1 is 1.75 bits per heavy atom. The molecule has 0 aromatic carbocycles. The van der Waals surface area contributed by atoms with Crippen LogP contribution in [0.25, 0.3) is 0 Å². The molecule has 4 nitrogen and oxygen atoms in total. The van der Waals surface area contributed by atoms with E-state index in [2.05, 4.69) is 29.2 Å². The maximum absolute atomic E-state index is 5.69. The van der Waals surface area contributed by atoms with Crippen LogP contribution in [0.4, 0.5) is 0 Å². The Balaban J connectivity index is 1.84. The maximum Gasteiger partial charge on any atom is 0.109 e. The molecule has 0 amide bonds. The Morgan fingerprint density at radius 3 is 3.25 bits per heavy atom. The Labute approximate surface area is 101 Å². The Kier molecular flexibility index (Phi) is 4.29. The number of morpholine rings is 1. The van der Waals surface area contributed by atoms with E-state index in [0.29, 0.717) is 12.1 Å². The topological polar surface area (TPSA) is 37.4 Å². The smallest absolute Gasteiger partial charge is 0.109 e. The van der Waals surface area contributed by atoms with Gasteiger partial charge in [-0.15, -0.1) is 11.3 Å². The lowest BCUT2D eigenvalue weighted by Gasteiger charge is -2.30. The van der Waals surface area contributed by atoms with Crippen LogP contribution in [0, 0.1) is 0 Å². The molecule has 1 N–H and O–H groups in total. The van der Waals surface area contributed by atoms with E-state index in [1.165, 1.54) is 5.01 Å². The molecule has 16 heavy (non-hydrogen) atoms. The summed E-state index contributed by atoms with van der Waals surface area (Å²) in [4.78, 5) is 6.65. The summed E-state index contributed by atoms with van der Waals surface area (Å²) in [5.41, 5.74) is 0. The van der Waals surface area contributed by atoms with E-state index < -0.39 is 0 Å². The zero-order valence-electron chi connectivity index (χ0n) is 9.85. The van der Waals surface area contributed by atoms with Gasteiger partial charge in [-0.05, 0) is 14.0 Å². The highest BCUT2D eigenvalue weighted by molar-refractivity contribution is 7.09. The summed E-state index contributed by atoms with van der Waals surface area (Å²) < 4.78 is 5.69. The number of hydrogen-bond acceptors (Lipinski definition) is 5. The minimum absolute atomic E-state index is 0.307.